The number of rotatable bonds is 13. The number of alkyl halides is 3. The number of piperidine rings is 1. The molecule has 14 nitrogen and oxygen atoms in total. The lowest BCUT2D eigenvalue weighted by Gasteiger charge is -2.29. The van der Waals surface area contributed by atoms with Crippen molar-refractivity contribution in [3.05, 3.63) is 83.9 Å². The number of sulfonamides is 1. The number of pyridine rings is 1. The van der Waals surface area contributed by atoms with Crippen molar-refractivity contribution in [2.24, 2.45) is 7.05 Å². The summed E-state index contributed by atoms with van der Waals surface area (Å²) < 4.78 is 80.6. The molecule has 0 spiro atoms. The lowest BCUT2D eigenvalue weighted by Crippen LogP contribution is -2.52. The highest BCUT2D eigenvalue weighted by atomic mass is 32.2. The molecule has 1 fully saturated rings. The van der Waals surface area contributed by atoms with Crippen LogP contribution in [0.4, 0.5) is 24.7 Å². The predicted octanol–water partition coefficient (Wildman–Crippen LogP) is 3.38. The lowest BCUT2D eigenvalue weighted by molar-refractivity contribution is -0.138. The number of amides is 3. The SMILES string of the molecule is Cn1cnc(-c2cc(S(=O)(=O)NCCOCCOc3ccc4c(c3)CN(C3CCC(=O)NC3=O)C4=O)ccc2Nc2ccc(C(F)(F)F)cn2)c1. The number of imidazole rings is 1. The number of aromatic nitrogens is 3. The first-order chi connectivity index (χ1) is 24.3. The summed E-state index contributed by atoms with van der Waals surface area (Å²) in [6.45, 7) is 0.490. The van der Waals surface area contributed by atoms with Gasteiger partial charge in [0.05, 0.1) is 35.7 Å². The molecule has 2 aliphatic heterocycles. The molecule has 0 saturated carbocycles. The molecule has 6 rings (SSSR count). The van der Waals surface area contributed by atoms with Gasteiger partial charge in [-0.1, -0.05) is 0 Å². The van der Waals surface area contributed by atoms with Crippen molar-refractivity contribution in [3.8, 4) is 17.0 Å². The monoisotopic (exact) mass is 727 g/mol. The topological polar surface area (TPSA) is 174 Å². The number of ether oxygens (including phenoxy) is 2. The third-order valence-electron chi connectivity index (χ3n) is 8.17. The molecule has 2 aromatic heterocycles. The van der Waals surface area contributed by atoms with Crippen molar-refractivity contribution in [3.63, 3.8) is 0 Å². The molecular formula is C33H32F3N7O7S. The summed E-state index contributed by atoms with van der Waals surface area (Å²) in [5.41, 5.74) is 1.45. The van der Waals surface area contributed by atoms with Gasteiger partial charge in [-0.3, -0.25) is 19.7 Å². The molecule has 1 atom stereocenters. The Bertz CT molecular complexity index is 2070. The third-order valence-corrected chi connectivity index (χ3v) is 9.62. The minimum absolute atomic E-state index is 0.0362. The molecule has 2 aliphatic rings. The first-order valence-electron chi connectivity index (χ1n) is 15.7. The zero-order chi connectivity index (χ0) is 36.3. The van der Waals surface area contributed by atoms with E-state index in [1.54, 1.807) is 36.0 Å². The zero-order valence-electron chi connectivity index (χ0n) is 27.1. The maximum atomic E-state index is 13.1. The third kappa shape index (κ3) is 8.19. The second kappa shape index (κ2) is 14.5. The average Bonchev–Trinajstić information content (AvgIpc) is 3.66. The number of carbonyl (C=O) groups is 3. The van der Waals surface area contributed by atoms with E-state index >= 15 is 0 Å². The molecule has 268 valence electrons. The second-order valence-electron chi connectivity index (χ2n) is 11.8. The summed E-state index contributed by atoms with van der Waals surface area (Å²) in [6.07, 6.45) is -0.206. The van der Waals surface area contributed by atoms with Crippen LogP contribution in [0.5, 0.6) is 5.75 Å². The highest BCUT2D eigenvalue weighted by Crippen LogP contribution is 2.33. The van der Waals surface area contributed by atoms with Crippen LogP contribution in [0, 0.1) is 0 Å². The Hall–Kier alpha value is -5.33. The number of hydrogen-bond donors (Lipinski definition) is 3. The number of carbonyl (C=O) groups excluding carboxylic acids is 3. The number of nitrogens with one attached hydrogen (secondary N) is 3. The predicted molar refractivity (Wildman–Crippen MR) is 175 cm³/mol. The van der Waals surface area contributed by atoms with Crippen LogP contribution in [0.3, 0.4) is 0 Å². The van der Waals surface area contributed by atoms with Gasteiger partial charge < -0.3 is 24.3 Å². The summed E-state index contributed by atoms with van der Waals surface area (Å²) in [7, 11) is -2.26. The number of benzene rings is 2. The van der Waals surface area contributed by atoms with E-state index in [0.29, 0.717) is 40.0 Å². The van der Waals surface area contributed by atoms with Gasteiger partial charge in [0.15, 0.2) is 0 Å². The number of nitrogens with zero attached hydrogens (tertiary/aromatic N) is 4. The van der Waals surface area contributed by atoms with E-state index < -0.39 is 33.7 Å². The number of halogens is 3. The molecule has 18 heteroatoms. The minimum Gasteiger partial charge on any atom is -0.491 e. The zero-order valence-corrected chi connectivity index (χ0v) is 27.9. The Labute approximate surface area is 290 Å². The fraction of sp³-hybridized carbons (Fsp3) is 0.303. The molecule has 0 bridgehead atoms. The summed E-state index contributed by atoms with van der Waals surface area (Å²) in [5.74, 6) is -0.510. The summed E-state index contributed by atoms with van der Waals surface area (Å²) in [6, 6.07) is 10.6. The second-order valence-corrected chi connectivity index (χ2v) is 13.5. The maximum Gasteiger partial charge on any atom is 0.417 e. The first-order valence-corrected chi connectivity index (χ1v) is 17.2. The van der Waals surface area contributed by atoms with Gasteiger partial charge in [0.2, 0.25) is 21.8 Å². The molecule has 1 saturated heterocycles. The Morgan fingerprint density at radius 2 is 1.82 bits per heavy atom. The molecule has 0 radical (unpaired) electrons. The molecule has 0 aliphatic carbocycles. The maximum absolute atomic E-state index is 13.1. The molecule has 1 unspecified atom stereocenters. The highest BCUT2D eigenvalue weighted by molar-refractivity contribution is 7.89. The molecule has 4 heterocycles. The van der Waals surface area contributed by atoms with E-state index in [0.717, 1.165) is 6.07 Å². The molecule has 2 aromatic carbocycles. The van der Waals surface area contributed by atoms with Crippen LogP contribution in [0.2, 0.25) is 0 Å². The molecule has 4 aromatic rings. The lowest BCUT2D eigenvalue weighted by atomic mass is 10.0. The van der Waals surface area contributed by atoms with Crippen LogP contribution in [-0.4, -0.2) is 78.0 Å². The van der Waals surface area contributed by atoms with Crippen molar-refractivity contribution in [2.45, 2.75) is 36.5 Å². The van der Waals surface area contributed by atoms with Gasteiger partial charge in [-0.2, -0.15) is 13.2 Å². The van der Waals surface area contributed by atoms with Crippen molar-refractivity contribution in [1.82, 2.24) is 29.5 Å². The van der Waals surface area contributed by atoms with E-state index in [1.807, 2.05) is 0 Å². The van der Waals surface area contributed by atoms with Gasteiger partial charge in [0, 0.05) is 55.8 Å². The van der Waals surface area contributed by atoms with Crippen molar-refractivity contribution in [2.75, 3.05) is 31.7 Å². The standard InChI is InChI=1S/C33H32F3N7O7S/c1-42-18-27(38-19-42)25-15-23(4-6-26(25)40-29-8-2-21(16-37-29)33(34,35)36)51(47,48)39-10-11-49-12-13-50-22-3-5-24-20(14-22)17-43(32(24)46)28-7-9-30(44)41-31(28)45/h2-6,8,14-16,18-19,28,39H,7,9-13,17H2,1H3,(H,37,40)(H,41,44,45). The molecule has 3 N–H and O–H groups in total. The number of fused-ring (bicyclic) bond motifs is 1. The first kappa shape index (κ1) is 35.5. The number of aryl methyl sites for hydroxylation is 1. The van der Waals surface area contributed by atoms with Gasteiger partial charge >= 0.3 is 6.18 Å². The van der Waals surface area contributed by atoms with E-state index in [-0.39, 0.29) is 68.3 Å². The summed E-state index contributed by atoms with van der Waals surface area (Å²) in [4.78, 5) is 46.1. The molecular weight excluding hydrogens is 695 g/mol. The molecule has 3 amide bonds. The smallest absolute Gasteiger partial charge is 0.417 e. The van der Waals surface area contributed by atoms with Crippen molar-refractivity contribution >= 4 is 39.3 Å². The molecule has 51 heavy (non-hydrogen) atoms. The number of anilines is 2. The Morgan fingerprint density at radius 1 is 1.00 bits per heavy atom. The Balaban J connectivity index is 0.998. The highest BCUT2D eigenvalue weighted by Gasteiger charge is 2.39. The van der Waals surface area contributed by atoms with Crippen LogP contribution in [0.25, 0.3) is 11.3 Å². The largest absolute Gasteiger partial charge is 0.491 e. The number of hydrogen-bond acceptors (Lipinski definition) is 10. The van der Waals surface area contributed by atoms with E-state index in [9.17, 15) is 36.0 Å². The number of imide groups is 1. The summed E-state index contributed by atoms with van der Waals surface area (Å²) >= 11 is 0. The van der Waals surface area contributed by atoms with E-state index in [4.69, 9.17) is 9.47 Å². The van der Waals surface area contributed by atoms with Crippen molar-refractivity contribution < 1.29 is 45.4 Å². The van der Waals surface area contributed by atoms with E-state index in [1.165, 1.54) is 35.5 Å². The van der Waals surface area contributed by atoms with Gasteiger partial charge in [-0.25, -0.2) is 23.1 Å². The van der Waals surface area contributed by atoms with Crippen molar-refractivity contribution in [1.29, 1.82) is 0 Å². The van der Waals surface area contributed by atoms with Crippen LogP contribution < -0.4 is 20.1 Å². The fourth-order valence-corrected chi connectivity index (χ4v) is 6.67. The Kier molecular flexibility index (Phi) is 10.1. The van der Waals surface area contributed by atoms with Crippen LogP contribution in [-0.2, 0) is 44.1 Å². The fourth-order valence-electron chi connectivity index (χ4n) is 5.63. The van der Waals surface area contributed by atoms with Gasteiger partial charge in [-0.15, -0.1) is 0 Å². The quantitative estimate of drug-likeness (QED) is 0.137. The summed E-state index contributed by atoms with van der Waals surface area (Å²) in [5, 5.41) is 5.21. The van der Waals surface area contributed by atoms with Gasteiger partial charge in [0.25, 0.3) is 5.91 Å². The van der Waals surface area contributed by atoms with Crippen LogP contribution >= 0.6 is 0 Å². The minimum atomic E-state index is -4.54. The Morgan fingerprint density at radius 3 is 2.53 bits per heavy atom. The van der Waals surface area contributed by atoms with Crippen LogP contribution in [0.15, 0.2) is 72.1 Å². The van der Waals surface area contributed by atoms with Crippen LogP contribution in [0.1, 0.15) is 34.3 Å². The average molecular weight is 728 g/mol. The van der Waals surface area contributed by atoms with E-state index in [2.05, 4.69) is 25.3 Å². The van der Waals surface area contributed by atoms with Gasteiger partial charge in [-0.05, 0) is 60.5 Å². The van der Waals surface area contributed by atoms with Gasteiger partial charge in [0.1, 0.15) is 24.2 Å². The normalized spacial score (nSPS) is 16.3.